The molecule has 0 radical (unpaired) electrons. The van der Waals surface area contributed by atoms with Gasteiger partial charge in [0.1, 0.15) is 28.9 Å². The lowest BCUT2D eigenvalue weighted by Crippen LogP contribution is -2.11. The van der Waals surface area contributed by atoms with E-state index in [1.54, 1.807) is 41.5 Å². The number of rotatable bonds is 6. The van der Waals surface area contributed by atoms with Crippen LogP contribution in [0.1, 0.15) is 16.2 Å². The van der Waals surface area contributed by atoms with Gasteiger partial charge in [-0.15, -0.1) is 0 Å². The number of benzene rings is 2. The molecule has 33 heavy (non-hydrogen) atoms. The summed E-state index contributed by atoms with van der Waals surface area (Å²) in [6.07, 6.45) is 6.87. The van der Waals surface area contributed by atoms with Crippen LogP contribution in [0.3, 0.4) is 0 Å². The van der Waals surface area contributed by atoms with Crippen LogP contribution in [-0.2, 0) is 6.54 Å². The Hall–Kier alpha value is -4.50. The van der Waals surface area contributed by atoms with Gasteiger partial charge in [-0.2, -0.15) is 0 Å². The van der Waals surface area contributed by atoms with Crippen molar-refractivity contribution in [3.8, 4) is 28.4 Å². The van der Waals surface area contributed by atoms with E-state index in [1.165, 1.54) is 0 Å². The van der Waals surface area contributed by atoms with Crippen molar-refractivity contribution in [3.63, 3.8) is 0 Å². The fourth-order valence-corrected chi connectivity index (χ4v) is 3.85. The summed E-state index contributed by atoms with van der Waals surface area (Å²) in [4.78, 5) is 24.7. The first kappa shape index (κ1) is 20.4. The normalized spacial score (nSPS) is 11.2. The number of nitrogens with one attached hydrogen (secondary N) is 1. The van der Waals surface area contributed by atoms with Gasteiger partial charge in [0.15, 0.2) is 5.75 Å². The van der Waals surface area contributed by atoms with E-state index in [0.29, 0.717) is 34.5 Å². The summed E-state index contributed by atoms with van der Waals surface area (Å²) in [7, 11) is 1.88. The highest BCUT2D eigenvalue weighted by molar-refractivity contribution is 5.94. The van der Waals surface area contributed by atoms with E-state index in [-0.39, 0.29) is 5.75 Å². The smallest absolute Gasteiger partial charge is 0.248 e. The maximum absolute atomic E-state index is 11.6. The molecule has 0 bridgehead atoms. The molecule has 0 aliphatic rings. The van der Waals surface area contributed by atoms with Gasteiger partial charge in [-0.25, -0.2) is 15.0 Å². The van der Waals surface area contributed by atoms with Crippen molar-refractivity contribution in [2.24, 2.45) is 5.73 Å². The summed E-state index contributed by atoms with van der Waals surface area (Å²) in [6, 6.07) is 14.6. The summed E-state index contributed by atoms with van der Waals surface area (Å²) in [5, 5.41) is 14.2. The summed E-state index contributed by atoms with van der Waals surface area (Å²) >= 11 is 0. The Morgan fingerprint density at radius 3 is 2.64 bits per heavy atom. The zero-order valence-electron chi connectivity index (χ0n) is 17.8. The number of nitrogens with zero attached hydrogens (tertiary/aromatic N) is 5. The van der Waals surface area contributed by atoms with E-state index in [4.69, 9.17) is 5.73 Å². The molecule has 9 heteroatoms. The molecule has 164 valence electrons. The highest BCUT2D eigenvalue weighted by Crippen LogP contribution is 2.35. The Labute approximate surface area is 189 Å². The number of hydrogen-bond acceptors (Lipinski definition) is 6. The van der Waals surface area contributed by atoms with Gasteiger partial charge in [0.25, 0.3) is 0 Å². The summed E-state index contributed by atoms with van der Waals surface area (Å²) in [5.41, 5.74) is 9.63. The second-order valence-electron chi connectivity index (χ2n) is 7.51. The van der Waals surface area contributed by atoms with Crippen molar-refractivity contribution in [1.29, 1.82) is 0 Å². The fourth-order valence-electron chi connectivity index (χ4n) is 3.85. The van der Waals surface area contributed by atoms with E-state index in [1.807, 2.05) is 48.1 Å². The van der Waals surface area contributed by atoms with Gasteiger partial charge in [0.2, 0.25) is 5.91 Å². The minimum Gasteiger partial charge on any atom is -0.504 e. The second kappa shape index (κ2) is 8.21. The number of pyridine rings is 1. The molecule has 0 spiro atoms. The second-order valence-corrected chi connectivity index (χ2v) is 7.51. The molecule has 1 amide bonds. The van der Waals surface area contributed by atoms with E-state index in [2.05, 4.69) is 20.3 Å². The van der Waals surface area contributed by atoms with E-state index in [9.17, 15) is 9.90 Å². The van der Waals surface area contributed by atoms with Crippen molar-refractivity contribution in [2.45, 2.75) is 6.54 Å². The predicted octanol–water partition coefficient (Wildman–Crippen LogP) is 2.80. The van der Waals surface area contributed by atoms with Crippen LogP contribution in [0.2, 0.25) is 0 Å². The van der Waals surface area contributed by atoms with Crippen LogP contribution >= 0.6 is 0 Å². The summed E-state index contributed by atoms with van der Waals surface area (Å²) < 4.78 is 3.71. The number of hydrogen-bond donors (Lipinski definition) is 3. The maximum atomic E-state index is 11.6. The molecule has 5 rings (SSSR count). The molecular formula is C24H21N7O2. The average molecular weight is 439 g/mol. The minimum atomic E-state index is -0.524. The molecule has 0 aliphatic carbocycles. The monoisotopic (exact) mass is 439 g/mol. The Morgan fingerprint density at radius 2 is 1.88 bits per heavy atom. The highest BCUT2D eigenvalue weighted by atomic mass is 16.3. The number of nitrogens with two attached hydrogens (primary N) is 1. The van der Waals surface area contributed by atoms with Gasteiger partial charge >= 0.3 is 0 Å². The van der Waals surface area contributed by atoms with Gasteiger partial charge in [0.05, 0.1) is 12.7 Å². The Kier molecular flexibility index (Phi) is 5.08. The number of aromatic nitrogens is 5. The third kappa shape index (κ3) is 3.60. The van der Waals surface area contributed by atoms with Crippen LogP contribution in [0.15, 0.2) is 73.4 Å². The van der Waals surface area contributed by atoms with Gasteiger partial charge in [0, 0.05) is 34.9 Å². The number of primary amides is 1. The SMILES string of the molecule is CNCc1nccn1-c1ccc(-c2ncc3ncn(-c4cccc(C(N)=O)c4)c3c2O)cc1. The first-order chi connectivity index (χ1) is 16.1. The predicted molar refractivity (Wildman–Crippen MR) is 124 cm³/mol. The van der Waals surface area contributed by atoms with Crippen LogP contribution < -0.4 is 11.1 Å². The van der Waals surface area contributed by atoms with Crippen molar-refractivity contribution >= 4 is 16.9 Å². The molecule has 2 aromatic carbocycles. The zero-order valence-corrected chi connectivity index (χ0v) is 17.8. The van der Waals surface area contributed by atoms with Crippen molar-refractivity contribution < 1.29 is 9.90 Å². The lowest BCUT2D eigenvalue weighted by atomic mass is 10.1. The number of fused-ring (bicyclic) bond motifs is 1. The molecule has 0 saturated heterocycles. The topological polar surface area (TPSA) is 124 Å². The van der Waals surface area contributed by atoms with Gasteiger partial charge < -0.3 is 20.7 Å². The third-order valence-electron chi connectivity index (χ3n) is 5.44. The third-order valence-corrected chi connectivity index (χ3v) is 5.44. The van der Waals surface area contributed by atoms with Crippen molar-refractivity contribution in [3.05, 3.63) is 84.8 Å². The first-order valence-electron chi connectivity index (χ1n) is 10.3. The lowest BCUT2D eigenvalue weighted by molar-refractivity contribution is 0.1000. The molecule has 3 heterocycles. The molecule has 0 unspecified atom stereocenters. The number of carbonyl (C=O) groups excluding carboxylic acids is 1. The largest absolute Gasteiger partial charge is 0.504 e. The number of carbonyl (C=O) groups is 1. The summed E-state index contributed by atoms with van der Waals surface area (Å²) in [6.45, 7) is 0.648. The Balaban J connectivity index is 1.56. The quantitative estimate of drug-likeness (QED) is 0.374. The number of amides is 1. The van der Waals surface area contributed by atoms with Crippen LogP contribution in [0.5, 0.6) is 5.75 Å². The molecule has 0 atom stereocenters. The van der Waals surface area contributed by atoms with Gasteiger partial charge in [-0.3, -0.25) is 9.36 Å². The van der Waals surface area contributed by atoms with Crippen molar-refractivity contribution in [2.75, 3.05) is 7.05 Å². The van der Waals surface area contributed by atoms with Crippen LogP contribution in [-0.4, -0.2) is 42.1 Å². The molecule has 9 nitrogen and oxygen atoms in total. The van der Waals surface area contributed by atoms with Crippen LogP contribution in [0.25, 0.3) is 33.7 Å². The molecule has 4 N–H and O–H groups in total. The van der Waals surface area contributed by atoms with E-state index in [0.717, 1.165) is 17.1 Å². The molecule has 3 aromatic heterocycles. The summed E-state index contributed by atoms with van der Waals surface area (Å²) in [5.74, 6) is 0.374. The minimum absolute atomic E-state index is 0.000677. The zero-order chi connectivity index (χ0) is 22.9. The Morgan fingerprint density at radius 1 is 1.06 bits per heavy atom. The lowest BCUT2D eigenvalue weighted by Gasteiger charge is -2.11. The van der Waals surface area contributed by atoms with E-state index < -0.39 is 5.91 Å². The van der Waals surface area contributed by atoms with E-state index >= 15 is 0 Å². The fraction of sp³-hybridized carbons (Fsp3) is 0.0833. The first-order valence-corrected chi connectivity index (χ1v) is 10.3. The van der Waals surface area contributed by atoms with Gasteiger partial charge in [-0.05, 0) is 37.4 Å². The Bertz CT molecular complexity index is 1470. The van der Waals surface area contributed by atoms with Crippen LogP contribution in [0, 0.1) is 0 Å². The van der Waals surface area contributed by atoms with Gasteiger partial charge in [-0.1, -0.05) is 18.2 Å². The standard InChI is InChI=1S/C24H21N7O2/c1-26-13-20-27-9-10-30(20)17-7-5-15(6-8-17)21-23(32)22-19(12-28-21)29-14-31(22)18-4-2-3-16(11-18)24(25)33/h2-12,14,26,32H,13H2,1H3,(H2,25,33). The van der Waals surface area contributed by atoms with Crippen molar-refractivity contribution in [1.82, 2.24) is 29.4 Å². The molecular weight excluding hydrogens is 418 g/mol. The van der Waals surface area contributed by atoms with Crippen LogP contribution in [0.4, 0.5) is 0 Å². The molecule has 0 fully saturated rings. The maximum Gasteiger partial charge on any atom is 0.248 e. The highest BCUT2D eigenvalue weighted by Gasteiger charge is 2.17. The number of aromatic hydroxyl groups is 1. The molecule has 5 aromatic rings. The number of imidazole rings is 2. The average Bonchev–Trinajstić information content (AvgIpc) is 3.47. The molecule has 0 saturated carbocycles. The molecule has 0 aliphatic heterocycles.